The molecule has 0 spiro atoms. The van der Waals surface area contributed by atoms with Gasteiger partial charge >= 0.3 is 0 Å². The van der Waals surface area contributed by atoms with Gasteiger partial charge < -0.3 is 16.0 Å². The zero-order valence-corrected chi connectivity index (χ0v) is 11.6. The van der Waals surface area contributed by atoms with Gasteiger partial charge in [-0.1, -0.05) is 6.92 Å². The molecule has 1 aliphatic heterocycles. The maximum absolute atomic E-state index is 12.3. The molecule has 1 aromatic rings. The van der Waals surface area contributed by atoms with Gasteiger partial charge in [0.1, 0.15) is 5.82 Å². The number of amides is 2. The molecule has 0 bridgehead atoms. The highest BCUT2D eigenvalue weighted by molar-refractivity contribution is 5.99. The Kier molecular flexibility index (Phi) is 4.92. The van der Waals surface area contributed by atoms with Crippen molar-refractivity contribution in [3.63, 3.8) is 0 Å². The molecule has 1 saturated heterocycles. The number of carbonyl (C=O) groups excluding carboxylic acids is 2. The van der Waals surface area contributed by atoms with Crippen molar-refractivity contribution in [3.8, 4) is 0 Å². The van der Waals surface area contributed by atoms with Gasteiger partial charge in [0.25, 0.3) is 5.91 Å². The zero-order chi connectivity index (χ0) is 14.4. The Labute approximate surface area is 118 Å². The number of piperidine rings is 1. The number of nitrogens with zero attached hydrogens (tertiary/aromatic N) is 1. The monoisotopic (exact) mass is 276 g/mol. The van der Waals surface area contributed by atoms with Crippen molar-refractivity contribution in [1.82, 2.24) is 15.6 Å². The van der Waals surface area contributed by atoms with Crippen LogP contribution in [0.25, 0.3) is 0 Å². The molecule has 0 aromatic carbocycles. The largest absolute Gasteiger partial charge is 0.369 e. The number of aromatic nitrogens is 1. The van der Waals surface area contributed by atoms with Crippen molar-refractivity contribution < 1.29 is 9.59 Å². The summed E-state index contributed by atoms with van der Waals surface area (Å²) in [5.74, 6) is 0.492. The number of rotatable bonds is 5. The first-order valence-corrected chi connectivity index (χ1v) is 6.97. The van der Waals surface area contributed by atoms with E-state index in [0.29, 0.717) is 30.8 Å². The van der Waals surface area contributed by atoms with E-state index in [-0.39, 0.29) is 17.9 Å². The lowest BCUT2D eigenvalue weighted by molar-refractivity contribution is -0.122. The lowest BCUT2D eigenvalue weighted by Gasteiger charge is -2.23. The van der Waals surface area contributed by atoms with Gasteiger partial charge in [-0.2, -0.15) is 0 Å². The van der Waals surface area contributed by atoms with Crippen molar-refractivity contribution >= 4 is 17.6 Å². The second kappa shape index (κ2) is 6.88. The van der Waals surface area contributed by atoms with E-state index < -0.39 is 0 Å². The van der Waals surface area contributed by atoms with E-state index in [4.69, 9.17) is 0 Å². The van der Waals surface area contributed by atoms with Crippen molar-refractivity contribution in [1.29, 1.82) is 0 Å². The van der Waals surface area contributed by atoms with Crippen LogP contribution in [0.2, 0.25) is 0 Å². The molecule has 0 aliphatic carbocycles. The van der Waals surface area contributed by atoms with Crippen LogP contribution in [0.4, 0.5) is 5.82 Å². The minimum Gasteiger partial charge on any atom is -0.369 e. The quantitative estimate of drug-likeness (QED) is 0.746. The second-order valence-electron chi connectivity index (χ2n) is 4.84. The van der Waals surface area contributed by atoms with Crippen LogP contribution in [-0.2, 0) is 4.79 Å². The van der Waals surface area contributed by atoms with E-state index in [1.807, 2.05) is 0 Å². The fraction of sp³-hybridized carbons (Fsp3) is 0.500. The maximum atomic E-state index is 12.3. The van der Waals surface area contributed by atoms with E-state index in [1.165, 1.54) is 0 Å². The molecule has 2 amide bonds. The summed E-state index contributed by atoms with van der Waals surface area (Å²) in [6.07, 6.45) is 3.76. The maximum Gasteiger partial charge on any atom is 0.255 e. The molecule has 0 radical (unpaired) electrons. The predicted octanol–water partition coefficient (Wildman–Crippen LogP) is 0.912. The summed E-state index contributed by atoms with van der Waals surface area (Å²) in [6.45, 7) is 3.32. The minimum absolute atomic E-state index is 0.0144. The smallest absolute Gasteiger partial charge is 0.255 e. The van der Waals surface area contributed by atoms with Crippen LogP contribution < -0.4 is 16.0 Å². The number of nitrogens with one attached hydrogen (secondary N) is 3. The number of hydrogen-bond donors (Lipinski definition) is 3. The van der Waals surface area contributed by atoms with Gasteiger partial charge in [-0.25, -0.2) is 4.98 Å². The van der Waals surface area contributed by atoms with Gasteiger partial charge in [-0.3, -0.25) is 9.59 Å². The third-order valence-corrected chi connectivity index (χ3v) is 3.20. The third-order valence-electron chi connectivity index (χ3n) is 3.20. The summed E-state index contributed by atoms with van der Waals surface area (Å²) in [4.78, 5) is 27.6. The van der Waals surface area contributed by atoms with Gasteiger partial charge in [0.2, 0.25) is 5.91 Å². The van der Waals surface area contributed by atoms with Crippen LogP contribution in [0.5, 0.6) is 0 Å². The lowest BCUT2D eigenvalue weighted by Crippen LogP contribution is -2.47. The molecule has 1 aliphatic rings. The SMILES string of the molecule is CCCNc1ncccc1C(=O)NC1CCC(=O)NC1. The molecule has 1 unspecified atom stereocenters. The fourth-order valence-corrected chi connectivity index (χ4v) is 2.09. The Bertz CT molecular complexity index is 480. The summed E-state index contributed by atoms with van der Waals surface area (Å²) in [7, 11) is 0. The number of anilines is 1. The highest BCUT2D eigenvalue weighted by atomic mass is 16.2. The highest BCUT2D eigenvalue weighted by Gasteiger charge is 2.21. The first kappa shape index (κ1) is 14.3. The molecule has 6 nitrogen and oxygen atoms in total. The van der Waals surface area contributed by atoms with Crippen LogP contribution in [0.3, 0.4) is 0 Å². The predicted molar refractivity (Wildman–Crippen MR) is 76.5 cm³/mol. The van der Waals surface area contributed by atoms with Gasteiger partial charge in [-0.15, -0.1) is 0 Å². The number of hydrogen-bond acceptors (Lipinski definition) is 4. The molecule has 6 heteroatoms. The van der Waals surface area contributed by atoms with Crippen LogP contribution in [0.1, 0.15) is 36.5 Å². The van der Waals surface area contributed by atoms with E-state index in [0.717, 1.165) is 13.0 Å². The van der Waals surface area contributed by atoms with Gasteiger partial charge in [-0.05, 0) is 25.0 Å². The summed E-state index contributed by atoms with van der Waals surface area (Å²) in [5.41, 5.74) is 0.540. The zero-order valence-electron chi connectivity index (χ0n) is 11.6. The molecule has 1 fully saturated rings. The summed E-state index contributed by atoms with van der Waals surface area (Å²) in [6, 6.07) is 3.48. The highest BCUT2D eigenvalue weighted by Crippen LogP contribution is 2.12. The Morgan fingerprint density at radius 1 is 1.55 bits per heavy atom. The number of pyridine rings is 1. The molecule has 20 heavy (non-hydrogen) atoms. The van der Waals surface area contributed by atoms with Gasteiger partial charge in [0.05, 0.1) is 5.56 Å². The van der Waals surface area contributed by atoms with Crippen LogP contribution in [0, 0.1) is 0 Å². The molecule has 1 aromatic heterocycles. The fourth-order valence-electron chi connectivity index (χ4n) is 2.09. The van der Waals surface area contributed by atoms with Crippen molar-refractivity contribution in [2.24, 2.45) is 0 Å². The second-order valence-corrected chi connectivity index (χ2v) is 4.84. The molecule has 1 atom stereocenters. The Morgan fingerprint density at radius 3 is 3.10 bits per heavy atom. The molecule has 0 saturated carbocycles. The van der Waals surface area contributed by atoms with Crippen molar-refractivity contribution in [2.75, 3.05) is 18.4 Å². The van der Waals surface area contributed by atoms with Crippen molar-refractivity contribution in [3.05, 3.63) is 23.9 Å². The minimum atomic E-state index is -0.155. The molecular formula is C14H20N4O2. The van der Waals surface area contributed by atoms with E-state index in [9.17, 15) is 9.59 Å². The van der Waals surface area contributed by atoms with Gasteiger partial charge in [0.15, 0.2) is 0 Å². The average molecular weight is 276 g/mol. The first-order valence-electron chi connectivity index (χ1n) is 6.97. The molecule has 2 heterocycles. The first-order chi connectivity index (χ1) is 9.70. The third kappa shape index (κ3) is 3.69. The van der Waals surface area contributed by atoms with Crippen LogP contribution >= 0.6 is 0 Å². The Morgan fingerprint density at radius 2 is 2.40 bits per heavy atom. The van der Waals surface area contributed by atoms with E-state index in [1.54, 1.807) is 18.3 Å². The average Bonchev–Trinajstić information content (AvgIpc) is 2.47. The van der Waals surface area contributed by atoms with Crippen LogP contribution in [-0.4, -0.2) is 35.9 Å². The summed E-state index contributed by atoms with van der Waals surface area (Å²) >= 11 is 0. The summed E-state index contributed by atoms with van der Waals surface area (Å²) in [5, 5.41) is 8.84. The van der Waals surface area contributed by atoms with E-state index in [2.05, 4.69) is 27.9 Å². The Hall–Kier alpha value is -2.11. The normalized spacial score (nSPS) is 18.2. The molecule has 2 rings (SSSR count). The molecule has 3 N–H and O–H groups in total. The summed E-state index contributed by atoms with van der Waals surface area (Å²) < 4.78 is 0. The van der Waals surface area contributed by atoms with E-state index >= 15 is 0 Å². The molecule has 108 valence electrons. The molecular weight excluding hydrogens is 256 g/mol. The van der Waals surface area contributed by atoms with Crippen LogP contribution in [0.15, 0.2) is 18.3 Å². The lowest BCUT2D eigenvalue weighted by atomic mass is 10.1. The van der Waals surface area contributed by atoms with Crippen molar-refractivity contribution in [2.45, 2.75) is 32.2 Å². The standard InChI is InChI=1S/C14H20N4O2/c1-2-7-15-13-11(4-3-8-16-13)14(20)18-10-5-6-12(19)17-9-10/h3-4,8,10H,2,5-7,9H2,1H3,(H,15,16)(H,17,19)(H,18,20). The topological polar surface area (TPSA) is 83.1 Å². The van der Waals surface area contributed by atoms with Gasteiger partial charge in [0, 0.05) is 31.7 Å². The Balaban J connectivity index is 1.99. The number of carbonyl (C=O) groups is 2.